The van der Waals surface area contributed by atoms with Crippen molar-refractivity contribution in [3.63, 3.8) is 0 Å². The van der Waals surface area contributed by atoms with Gasteiger partial charge in [0.1, 0.15) is 11.6 Å². The van der Waals surface area contributed by atoms with E-state index in [4.69, 9.17) is 5.26 Å². The van der Waals surface area contributed by atoms with E-state index in [0.717, 1.165) is 0 Å². The molecule has 0 fully saturated rings. The summed E-state index contributed by atoms with van der Waals surface area (Å²) in [6, 6.07) is 6.98. The van der Waals surface area contributed by atoms with Crippen molar-refractivity contribution < 1.29 is 4.79 Å². The van der Waals surface area contributed by atoms with Gasteiger partial charge in [0.05, 0.1) is 4.88 Å². The predicted octanol–water partition coefficient (Wildman–Crippen LogP) is 2.24. The number of nitriles is 1. The molecule has 6 heteroatoms. The minimum absolute atomic E-state index is 0.0184. The molecule has 0 bridgehead atoms. The quantitative estimate of drug-likeness (QED) is 0.515. The van der Waals surface area contributed by atoms with Crippen LogP contribution in [0.2, 0.25) is 0 Å². The minimum atomic E-state index is -0.309. The third-order valence-electron chi connectivity index (χ3n) is 2.02. The molecular weight excluding hydrogens is 248 g/mol. The SMILES string of the molecule is N#C/C(=C/Nc1ncccn1)C(=O)c1cccs1. The first-order valence-electron chi connectivity index (χ1n) is 5.03. The summed E-state index contributed by atoms with van der Waals surface area (Å²) in [4.78, 5) is 20.3. The number of hydrogen-bond donors (Lipinski definition) is 1. The predicted molar refractivity (Wildman–Crippen MR) is 68.0 cm³/mol. The Bertz CT molecular complexity index is 599. The van der Waals surface area contributed by atoms with E-state index in [9.17, 15) is 4.79 Å². The minimum Gasteiger partial charge on any atom is -0.329 e. The highest BCUT2D eigenvalue weighted by molar-refractivity contribution is 7.12. The van der Waals surface area contributed by atoms with Gasteiger partial charge in [-0.1, -0.05) is 6.07 Å². The number of rotatable bonds is 4. The van der Waals surface area contributed by atoms with Crippen molar-refractivity contribution in [3.8, 4) is 6.07 Å². The molecule has 0 unspecified atom stereocenters. The van der Waals surface area contributed by atoms with Crippen molar-refractivity contribution in [2.24, 2.45) is 0 Å². The Kier molecular flexibility index (Phi) is 3.79. The van der Waals surface area contributed by atoms with Crippen LogP contribution >= 0.6 is 11.3 Å². The average molecular weight is 256 g/mol. The van der Waals surface area contributed by atoms with E-state index in [-0.39, 0.29) is 11.4 Å². The molecule has 2 aromatic rings. The monoisotopic (exact) mass is 256 g/mol. The summed E-state index contributed by atoms with van der Waals surface area (Å²) in [5.41, 5.74) is 0.0184. The number of aromatic nitrogens is 2. The van der Waals surface area contributed by atoms with E-state index < -0.39 is 0 Å². The zero-order valence-corrected chi connectivity index (χ0v) is 10.0. The van der Waals surface area contributed by atoms with Crippen molar-refractivity contribution in [1.29, 1.82) is 5.26 Å². The number of hydrogen-bond acceptors (Lipinski definition) is 6. The number of Topliss-reactive ketones (excluding diaryl/α,β-unsaturated/α-hetero) is 1. The lowest BCUT2D eigenvalue weighted by atomic mass is 10.2. The summed E-state index contributed by atoms with van der Waals surface area (Å²) in [5, 5.41) is 13.5. The van der Waals surface area contributed by atoms with Crippen LogP contribution in [-0.4, -0.2) is 15.8 Å². The van der Waals surface area contributed by atoms with Crippen molar-refractivity contribution in [2.75, 3.05) is 5.32 Å². The molecule has 1 N–H and O–H groups in total. The van der Waals surface area contributed by atoms with E-state index in [1.165, 1.54) is 17.5 Å². The summed E-state index contributed by atoms with van der Waals surface area (Å²) in [5.74, 6) is 0.0279. The molecule has 0 aromatic carbocycles. The van der Waals surface area contributed by atoms with Gasteiger partial charge in [0.25, 0.3) is 0 Å². The zero-order chi connectivity index (χ0) is 12.8. The Hall–Kier alpha value is -2.52. The molecule has 0 spiro atoms. The van der Waals surface area contributed by atoms with Gasteiger partial charge in [-0.3, -0.25) is 4.79 Å². The lowest BCUT2D eigenvalue weighted by Gasteiger charge is -1.98. The fourth-order valence-corrected chi connectivity index (χ4v) is 1.88. The van der Waals surface area contributed by atoms with Gasteiger partial charge < -0.3 is 5.32 Å². The number of anilines is 1. The van der Waals surface area contributed by atoms with Crippen LogP contribution in [0.25, 0.3) is 0 Å². The molecule has 88 valence electrons. The molecule has 0 saturated heterocycles. The Balaban J connectivity index is 2.15. The third kappa shape index (κ3) is 2.78. The first-order valence-corrected chi connectivity index (χ1v) is 5.91. The van der Waals surface area contributed by atoms with Crippen LogP contribution in [-0.2, 0) is 0 Å². The maximum absolute atomic E-state index is 11.9. The number of thiophene rings is 1. The van der Waals surface area contributed by atoms with Crippen molar-refractivity contribution >= 4 is 23.1 Å². The van der Waals surface area contributed by atoms with E-state index in [0.29, 0.717) is 10.8 Å². The number of nitrogens with one attached hydrogen (secondary N) is 1. The Morgan fingerprint density at radius 1 is 1.39 bits per heavy atom. The smallest absolute Gasteiger partial charge is 0.226 e. The average Bonchev–Trinajstić information content (AvgIpc) is 2.94. The van der Waals surface area contributed by atoms with Crippen LogP contribution < -0.4 is 5.32 Å². The first kappa shape index (κ1) is 12.0. The molecule has 0 saturated carbocycles. The molecule has 0 aliphatic heterocycles. The van der Waals surface area contributed by atoms with E-state index in [1.54, 1.807) is 36.0 Å². The van der Waals surface area contributed by atoms with Crippen LogP contribution in [0.4, 0.5) is 5.95 Å². The number of ketones is 1. The van der Waals surface area contributed by atoms with Crippen molar-refractivity contribution in [2.45, 2.75) is 0 Å². The maximum atomic E-state index is 11.9. The van der Waals surface area contributed by atoms with Crippen molar-refractivity contribution in [3.05, 3.63) is 52.6 Å². The highest BCUT2D eigenvalue weighted by atomic mass is 32.1. The molecule has 2 heterocycles. The lowest BCUT2D eigenvalue weighted by Crippen LogP contribution is -2.03. The van der Waals surface area contributed by atoms with Gasteiger partial charge in [0.15, 0.2) is 0 Å². The normalized spacial score (nSPS) is 10.7. The molecule has 2 aromatic heterocycles. The molecule has 0 atom stereocenters. The van der Waals surface area contributed by atoms with Crippen LogP contribution in [0.5, 0.6) is 0 Å². The fraction of sp³-hybridized carbons (Fsp3) is 0. The fourth-order valence-electron chi connectivity index (χ4n) is 1.20. The highest BCUT2D eigenvalue weighted by Crippen LogP contribution is 2.14. The van der Waals surface area contributed by atoms with Crippen LogP contribution in [0.1, 0.15) is 9.67 Å². The first-order chi connectivity index (χ1) is 8.81. The van der Waals surface area contributed by atoms with Gasteiger partial charge in [-0.2, -0.15) is 5.26 Å². The van der Waals surface area contributed by atoms with Gasteiger partial charge in [-0.15, -0.1) is 11.3 Å². The van der Waals surface area contributed by atoms with Gasteiger partial charge in [0, 0.05) is 18.6 Å². The molecule has 18 heavy (non-hydrogen) atoms. The summed E-state index contributed by atoms with van der Waals surface area (Å²) >= 11 is 1.30. The largest absolute Gasteiger partial charge is 0.329 e. The highest BCUT2D eigenvalue weighted by Gasteiger charge is 2.12. The topological polar surface area (TPSA) is 78.7 Å². The Morgan fingerprint density at radius 2 is 2.17 bits per heavy atom. The van der Waals surface area contributed by atoms with Crippen LogP contribution in [0.3, 0.4) is 0 Å². The van der Waals surface area contributed by atoms with E-state index in [2.05, 4.69) is 15.3 Å². The molecule has 0 amide bonds. The Labute approximate surface area is 107 Å². The standard InChI is InChI=1S/C12H8N4OS/c13-7-9(11(17)10-3-1-6-18-10)8-16-12-14-4-2-5-15-12/h1-6,8H,(H,14,15,16)/b9-8-. The second-order valence-electron chi connectivity index (χ2n) is 3.19. The van der Waals surface area contributed by atoms with Gasteiger partial charge in [0.2, 0.25) is 11.7 Å². The third-order valence-corrected chi connectivity index (χ3v) is 2.89. The van der Waals surface area contributed by atoms with Crippen LogP contribution in [0.15, 0.2) is 47.7 Å². The summed E-state index contributed by atoms with van der Waals surface area (Å²) < 4.78 is 0. The van der Waals surface area contributed by atoms with Crippen LogP contribution in [0, 0.1) is 11.3 Å². The Morgan fingerprint density at radius 3 is 2.78 bits per heavy atom. The summed E-state index contributed by atoms with van der Waals surface area (Å²) in [6.45, 7) is 0. The summed E-state index contributed by atoms with van der Waals surface area (Å²) in [7, 11) is 0. The molecule has 0 aliphatic rings. The van der Waals surface area contributed by atoms with E-state index >= 15 is 0 Å². The van der Waals surface area contributed by atoms with Gasteiger partial charge in [-0.25, -0.2) is 9.97 Å². The number of nitrogens with zero attached hydrogens (tertiary/aromatic N) is 3. The zero-order valence-electron chi connectivity index (χ0n) is 9.20. The van der Waals surface area contributed by atoms with Crippen molar-refractivity contribution in [1.82, 2.24) is 9.97 Å². The molecule has 0 aliphatic carbocycles. The maximum Gasteiger partial charge on any atom is 0.226 e. The summed E-state index contributed by atoms with van der Waals surface area (Å²) in [6.07, 6.45) is 4.45. The molecular formula is C12H8N4OS. The second kappa shape index (κ2) is 5.70. The number of carbonyl (C=O) groups is 1. The second-order valence-corrected chi connectivity index (χ2v) is 4.14. The van der Waals surface area contributed by atoms with E-state index in [1.807, 2.05) is 6.07 Å². The van der Waals surface area contributed by atoms with Gasteiger partial charge in [-0.05, 0) is 17.5 Å². The molecule has 0 radical (unpaired) electrons. The molecule has 5 nitrogen and oxygen atoms in total. The van der Waals surface area contributed by atoms with Gasteiger partial charge >= 0.3 is 0 Å². The lowest BCUT2D eigenvalue weighted by molar-refractivity contribution is 0.104. The number of carbonyl (C=O) groups excluding carboxylic acids is 1. The number of allylic oxidation sites excluding steroid dienone is 1. The molecule has 2 rings (SSSR count).